The summed E-state index contributed by atoms with van der Waals surface area (Å²) in [5.41, 5.74) is 20.1. The van der Waals surface area contributed by atoms with Crippen LogP contribution in [0.5, 0.6) is 0 Å². The number of nitrogens with zero attached hydrogens (tertiary/aromatic N) is 12. The lowest BCUT2D eigenvalue weighted by Gasteiger charge is -2.37. The first-order chi connectivity index (χ1) is 69.0. The lowest BCUT2D eigenvalue weighted by Crippen LogP contribution is -2.44. The minimum absolute atomic E-state index is 0.00500. The number of benzene rings is 4. The zero-order valence-corrected chi connectivity index (χ0v) is 96.9. The molecule has 4 aliphatic carbocycles. The van der Waals surface area contributed by atoms with Gasteiger partial charge in [-0.05, 0) is 356 Å². The molecule has 12 heterocycles. The van der Waals surface area contributed by atoms with Crippen LogP contribution in [0, 0.1) is 35.5 Å². The Morgan fingerprint density at radius 1 is 0.299 bits per heavy atom. The molecule has 6 amide bonds. The van der Waals surface area contributed by atoms with Gasteiger partial charge in [-0.25, -0.2) is 9.13 Å². The summed E-state index contributed by atoms with van der Waals surface area (Å²) in [6, 6.07) is 32.6. The van der Waals surface area contributed by atoms with Gasteiger partial charge in [0.15, 0.2) is 24.8 Å². The number of amides is 6. The summed E-state index contributed by atoms with van der Waals surface area (Å²) in [5.74, 6) is 2.97. The van der Waals surface area contributed by atoms with Crippen molar-refractivity contribution in [1.29, 1.82) is 0 Å². The zero-order chi connectivity index (χ0) is 102. The van der Waals surface area contributed by atoms with E-state index in [1.165, 1.54) is 63.4 Å². The molecule has 0 saturated carbocycles. The van der Waals surface area contributed by atoms with E-state index in [-0.39, 0.29) is 71.0 Å². The van der Waals surface area contributed by atoms with Gasteiger partial charge < -0.3 is 29.4 Å². The molecule has 0 bridgehead atoms. The molecular weight excluding hydrogens is 2430 g/mol. The maximum Gasteiger partial charge on any atom is 0.245 e. The molecule has 34 heteroatoms. The van der Waals surface area contributed by atoms with Gasteiger partial charge in [0.2, 0.25) is 83.0 Å². The Kier molecular flexibility index (Phi) is 36.0. The third-order valence-corrected chi connectivity index (χ3v) is 36.9. The van der Waals surface area contributed by atoms with Crippen LogP contribution in [0.25, 0.3) is 0 Å². The summed E-state index contributed by atoms with van der Waals surface area (Å²) >= 11 is 55.1. The number of halogens is 12. The van der Waals surface area contributed by atoms with Crippen molar-refractivity contribution >= 4 is 209 Å². The molecule has 6 aromatic heterocycles. The third-order valence-electron chi connectivity index (χ3n) is 31.6. The topological polar surface area (TPSA) is 226 Å². The monoisotopic (exact) mass is 2540 g/mol. The van der Waals surface area contributed by atoms with Crippen molar-refractivity contribution in [2.75, 3.05) is 78.5 Å². The largest absolute Gasteiger partial charge is 0.343 e. The van der Waals surface area contributed by atoms with E-state index < -0.39 is 0 Å². The lowest BCUT2D eigenvalue weighted by atomic mass is 9.76. The standard InChI is InChI=1S/2C28H33Br2ClN3O3.2C27H28Br2ClN3O2/c2*1-17(35)32-8-4-18(5-9-32)12-25(36)33-10-6-19(7-11-33)27-26-20(14-23(31)15-24(26)30)2-3-21-13-22(29)16-34(37)28(21)27;2*1-31-8-4-17(5-9-31)12-24(34)32-10-6-18(7-11-32)26-25-19(14-22(30)15-23(25)29)2-3-20-13-21(28)16-33(35)27(20)26/h2*13-16,18-19,27,37H,2-12H2,1H3;2*4-5,8-9,13-16,18,26,35H,2-3,6-7,10-12H2,1H3/q2*+1;2*+2/t2*27-;2*26-/m1010/s1. The van der Waals surface area contributed by atoms with Crippen LogP contribution in [0.15, 0.2) is 182 Å². The van der Waals surface area contributed by atoms with Gasteiger partial charge in [0.05, 0.1) is 54.4 Å². The summed E-state index contributed by atoms with van der Waals surface area (Å²) < 4.78 is 16.5. The summed E-state index contributed by atoms with van der Waals surface area (Å²) in [6.07, 6.45) is 34.2. The van der Waals surface area contributed by atoms with E-state index in [1.807, 2.05) is 126 Å². The smallest absolute Gasteiger partial charge is 0.245 e. The molecule has 760 valence electrons. The van der Waals surface area contributed by atoms with Gasteiger partial charge in [-0.15, -0.1) is 0 Å². The SMILES string of the molecule is CC(=O)N1CCC(CC(=O)N2CCC([C@@H]3c4c(Br)cc(Cl)cc4CCc4cc(Br)c[n+](O)c43)CC2)CC1.CC(=O)N1CCC(CC(=O)N2CCC([C@H]3c4c(Br)cc(Cl)cc4CCc4cc(Br)c[n+](O)c43)CC2)CC1.C[n+]1ccc(CC(=O)N2CCC([C@@H]3c4c(Br)cc(Cl)cc4CCc4cc(Br)c[n+](O)c43)CC2)cc1.C[n+]1ccc(CC(=O)N2CCC([C@H]3c4c(Br)cc(Cl)cc4CCc4cc(Br)c[n+](O)c43)CC2)cc1. The minimum Gasteiger partial charge on any atom is -0.343 e. The maximum absolute atomic E-state index is 13.2. The molecule has 20 rings (SSSR count). The number of aromatic nitrogens is 6. The predicted octanol–water partition coefficient (Wildman–Crippen LogP) is 20.9. The molecular formula is C110H122Br8Cl4N12O10+6. The number of piperidine rings is 6. The number of fused-ring (bicyclic) bond motifs is 8. The van der Waals surface area contributed by atoms with Gasteiger partial charge in [-0.1, -0.05) is 110 Å². The first-order valence-corrected chi connectivity index (χ1v) is 58.0. The molecule has 10 aromatic rings. The van der Waals surface area contributed by atoms with Crippen LogP contribution in [0.2, 0.25) is 20.1 Å². The number of carbonyl (C=O) groups excluding carboxylic acids is 6. The molecule has 0 radical (unpaired) electrons. The van der Waals surface area contributed by atoms with E-state index in [2.05, 4.69) is 176 Å². The second-order valence-electron chi connectivity index (χ2n) is 40.7. The molecule has 10 aliphatic rings. The number of hydrogen-bond donors (Lipinski definition) is 4. The molecule has 6 saturated heterocycles. The van der Waals surface area contributed by atoms with Crippen molar-refractivity contribution in [3.8, 4) is 0 Å². The fraction of sp³-hybridized carbons (Fsp3) is 0.455. The van der Waals surface area contributed by atoms with Crippen LogP contribution < -0.4 is 28.1 Å². The van der Waals surface area contributed by atoms with Gasteiger partial charge >= 0.3 is 0 Å². The van der Waals surface area contributed by atoms with E-state index in [0.29, 0.717) is 69.4 Å². The molecule has 144 heavy (non-hydrogen) atoms. The van der Waals surface area contributed by atoms with Gasteiger partial charge in [-0.2, -0.15) is 0 Å². The molecule has 22 nitrogen and oxygen atoms in total. The first kappa shape index (κ1) is 108. The van der Waals surface area contributed by atoms with Gasteiger partial charge in [0.25, 0.3) is 0 Å². The van der Waals surface area contributed by atoms with Gasteiger partial charge in [0.1, 0.15) is 14.1 Å². The van der Waals surface area contributed by atoms with Crippen molar-refractivity contribution in [2.24, 2.45) is 49.6 Å². The quantitative estimate of drug-likeness (QED) is 0.0668. The van der Waals surface area contributed by atoms with Crippen LogP contribution in [-0.4, -0.2) is 164 Å². The fourth-order valence-corrected chi connectivity index (χ4v) is 30.7. The van der Waals surface area contributed by atoms with Gasteiger partial charge in [0, 0.05) is 209 Å². The highest BCUT2D eigenvalue weighted by molar-refractivity contribution is 9.11. The number of aryl methyl sites for hydroxylation is 10. The van der Waals surface area contributed by atoms with Crippen LogP contribution in [0.1, 0.15) is 228 Å². The Hall–Kier alpha value is -7.20. The summed E-state index contributed by atoms with van der Waals surface area (Å²) in [7, 11) is 3.95. The normalized spacial score (nSPS) is 19.5. The first-order valence-electron chi connectivity index (χ1n) is 50.2. The van der Waals surface area contributed by atoms with E-state index in [9.17, 15) is 49.6 Å². The molecule has 4 N–H and O–H groups in total. The highest BCUT2D eigenvalue weighted by Crippen LogP contribution is 2.52. The summed E-state index contributed by atoms with van der Waals surface area (Å²) in [4.78, 5) is 87.4. The van der Waals surface area contributed by atoms with Crippen LogP contribution in [0.4, 0.5) is 0 Å². The fourth-order valence-electron chi connectivity index (χ4n) is 24.3. The van der Waals surface area contributed by atoms with Crippen molar-refractivity contribution < 1.29 is 77.7 Å². The average molecular weight is 2550 g/mol. The van der Waals surface area contributed by atoms with E-state index in [1.54, 1.807) is 38.6 Å². The van der Waals surface area contributed by atoms with Gasteiger partial charge in [-0.3, -0.25) is 49.6 Å². The van der Waals surface area contributed by atoms with Crippen molar-refractivity contribution in [2.45, 2.75) is 192 Å². The Morgan fingerprint density at radius 2 is 0.507 bits per heavy atom. The van der Waals surface area contributed by atoms with Crippen LogP contribution in [-0.2, 0) is 107 Å². The second kappa shape index (κ2) is 48.0. The van der Waals surface area contributed by atoms with E-state index in [0.717, 1.165) is 299 Å². The van der Waals surface area contributed by atoms with Crippen molar-refractivity contribution in [3.63, 3.8) is 0 Å². The summed E-state index contributed by atoms with van der Waals surface area (Å²) in [6.45, 7) is 12.0. The number of hydrogen-bond acceptors (Lipinski definition) is 10. The Morgan fingerprint density at radius 3 is 0.729 bits per heavy atom. The third kappa shape index (κ3) is 25.3. The molecule has 6 aliphatic heterocycles. The van der Waals surface area contributed by atoms with Crippen LogP contribution in [0.3, 0.4) is 0 Å². The highest BCUT2D eigenvalue weighted by Gasteiger charge is 2.48. The average Bonchev–Trinajstić information content (AvgIpc) is 1.57. The predicted molar refractivity (Wildman–Crippen MR) is 579 cm³/mol. The zero-order valence-electron chi connectivity index (χ0n) is 81.2. The number of likely N-dealkylation sites (tertiary alicyclic amines) is 6. The number of carbonyl (C=O) groups is 6. The number of rotatable bonds is 12. The Labute approximate surface area is 930 Å². The molecule has 4 aromatic carbocycles. The molecule has 6 fully saturated rings. The maximum atomic E-state index is 13.2. The Balaban J connectivity index is 0.000000132. The van der Waals surface area contributed by atoms with Crippen molar-refractivity contribution in [1.82, 2.24) is 29.4 Å². The highest BCUT2D eigenvalue weighted by atomic mass is 79.9. The summed E-state index contributed by atoms with van der Waals surface area (Å²) in [5, 5.41) is 47.1. The van der Waals surface area contributed by atoms with Crippen molar-refractivity contribution in [3.05, 3.63) is 303 Å². The van der Waals surface area contributed by atoms with E-state index >= 15 is 0 Å². The molecule has 0 spiro atoms. The van der Waals surface area contributed by atoms with Crippen LogP contribution >= 0.6 is 174 Å². The van der Waals surface area contributed by atoms with E-state index in [4.69, 9.17) is 46.4 Å². The molecule has 4 atom stereocenters. The molecule has 0 unspecified atom stereocenters. The lowest BCUT2D eigenvalue weighted by molar-refractivity contribution is -0.911. The Bertz CT molecular complexity index is 5880. The second-order valence-corrected chi connectivity index (χ2v) is 49.5. The minimum atomic E-state index is 0.00500. The number of pyridine rings is 6.